The number of carbonyl (C=O) groups excluding carboxylic acids is 1. The first-order valence-electron chi connectivity index (χ1n) is 5.47. The van der Waals surface area contributed by atoms with Crippen LogP contribution in [0.3, 0.4) is 0 Å². The van der Waals surface area contributed by atoms with Crippen LogP contribution in [0.1, 0.15) is 5.56 Å². The van der Waals surface area contributed by atoms with E-state index in [-0.39, 0.29) is 5.78 Å². The lowest BCUT2D eigenvalue weighted by atomic mass is 10.2. The zero-order valence-corrected chi connectivity index (χ0v) is 10.2. The molecule has 0 bridgehead atoms. The van der Waals surface area contributed by atoms with E-state index < -0.39 is 0 Å². The Hall–Kier alpha value is -2.09. The van der Waals surface area contributed by atoms with Crippen molar-refractivity contribution in [1.82, 2.24) is 4.90 Å². The Kier molecular flexibility index (Phi) is 5.52. The van der Waals surface area contributed by atoms with Gasteiger partial charge in [-0.2, -0.15) is 0 Å². The van der Waals surface area contributed by atoms with Crippen molar-refractivity contribution in [3.63, 3.8) is 0 Å². The van der Waals surface area contributed by atoms with Crippen molar-refractivity contribution in [3.05, 3.63) is 66.4 Å². The summed E-state index contributed by atoms with van der Waals surface area (Å²) in [5.74, 6) is -0.0172. The van der Waals surface area contributed by atoms with Crippen molar-refractivity contribution < 1.29 is 4.79 Å². The van der Waals surface area contributed by atoms with Crippen LogP contribution in [0, 0.1) is 0 Å². The number of carbonyl (C=O) groups is 1. The molecule has 0 spiro atoms. The first kappa shape index (κ1) is 13.0. The molecule has 0 saturated heterocycles. The second-order valence-electron chi connectivity index (χ2n) is 3.81. The Morgan fingerprint density at radius 1 is 1.06 bits per heavy atom. The molecule has 2 nitrogen and oxygen atoms in total. The number of ketones is 1. The molecule has 1 rings (SSSR count). The molecule has 0 aliphatic carbocycles. The summed E-state index contributed by atoms with van der Waals surface area (Å²) in [6.45, 7) is 0. The molecule has 0 saturated carbocycles. The summed E-state index contributed by atoms with van der Waals surface area (Å²) >= 11 is 0. The van der Waals surface area contributed by atoms with E-state index in [9.17, 15) is 4.79 Å². The summed E-state index contributed by atoms with van der Waals surface area (Å²) in [5.41, 5.74) is 1.12. The van der Waals surface area contributed by atoms with Crippen LogP contribution in [-0.2, 0) is 4.79 Å². The molecule has 0 radical (unpaired) electrons. The van der Waals surface area contributed by atoms with Gasteiger partial charge in [0.15, 0.2) is 5.78 Å². The first-order chi connectivity index (χ1) is 8.18. The maximum Gasteiger partial charge on any atom is 0.180 e. The fourth-order valence-electron chi connectivity index (χ4n) is 1.16. The summed E-state index contributed by atoms with van der Waals surface area (Å²) in [7, 11) is 3.76. The van der Waals surface area contributed by atoms with Gasteiger partial charge in [0.2, 0.25) is 0 Å². The monoisotopic (exact) mass is 227 g/mol. The van der Waals surface area contributed by atoms with Crippen LogP contribution in [-0.4, -0.2) is 24.8 Å². The lowest BCUT2D eigenvalue weighted by Crippen LogP contribution is -2.01. The molecule has 0 amide bonds. The maximum atomic E-state index is 11.3. The molecule has 17 heavy (non-hydrogen) atoms. The van der Waals surface area contributed by atoms with Crippen molar-refractivity contribution in [3.8, 4) is 0 Å². The molecule has 0 aliphatic rings. The Balaban J connectivity index is 2.45. The smallest absolute Gasteiger partial charge is 0.180 e. The van der Waals surface area contributed by atoms with Gasteiger partial charge < -0.3 is 4.90 Å². The highest BCUT2D eigenvalue weighted by atomic mass is 16.1. The van der Waals surface area contributed by atoms with E-state index in [0.29, 0.717) is 0 Å². The highest BCUT2D eigenvalue weighted by molar-refractivity contribution is 5.99. The van der Waals surface area contributed by atoms with Gasteiger partial charge in [-0.25, -0.2) is 0 Å². The fraction of sp³-hybridized carbons (Fsp3) is 0.133. The number of allylic oxidation sites excluding steroid dienone is 4. The van der Waals surface area contributed by atoms with E-state index in [2.05, 4.69) is 0 Å². The zero-order valence-electron chi connectivity index (χ0n) is 10.2. The van der Waals surface area contributed by atoms with E-state index >= 15 is 0 Å². The van der Waals surface area contributed by atoms with E-state index in [1.165, 1.54) is 6.08 Å². The van der Waals surface area contributed by atoms with Crippen molar-refractivity contribution in [2.75, 3.05) is 14.1 Å². The number of nitrogens with zero attached hydrogens (tertiary/aromatic N) is 1. The van der Waals surface area contributed by atoms with Gasteiger partial charge in [0, 0.05) is 26.4 Å². The third kappa shape index (κ3) is 6.15. The van der Waals surface area contributed by atoms with Gasteiger partial charge in [0.25, 0.3) is 0 Å². The lowest BCUT2D eigenvalue weighted by Gasteiger charge is -2.00. The van der Waals surface area contributed by atoms with Gasteiger partial charge >= 0.3 is 0 Å². The van der Waals surface area contributed by atoms with Crippen LogP contribution in [0.2, 0.25) is 0 Å². The molecule has 2 heteroatoms. The molecule has 0 atom stereocenters. The highest BCUT2D eigenvalue weighted by Gasteiger charge is 1.86. The first-order valence-corrected chi connectivity index (χ1v) is 5.47. The van der Waals surface area contributed by atoms with Crippen LogP contribution in [0.15, 0.2) is 60.8 Å². The average molecular weight is 227 g/mol. The number of benzene rings is 1. The van der Waals surface area contributed by atoms with E-state index in [1.807, 2.05) is 61.5 Å². The largest absolute Gasteiger partial charge is 0.383 e. The second-order valence-corrected chi connectivity index (χ2v) is 3.81. The van der Waals surface area contributed by atoms with Crippen LogP contribution in [0.4, 0.5) is 0 Å². The van der Waals surface area contributed by atoms with Gasteiger partial charge in [-0.1, -0.05) is 48.6 Å². The molecule has 0 fully saturated rings. The number of hydrogen-bond acceptors (Lipinski definition) is 2. The van der Waals surface area contributed by atoms with E-state index in [4.69, 9.17) is 0 Å². The van der Waals surface area contributed by atoms with Gasteiger partial charge in [-0.3, -0.25) is 4.79 Å². The number of hydrogen-bond donors (Lipinski definition) is 0. The summed E-state index contributed by atoms with van der Waals surface area (Å²) in [6, 6.07) is 9.96. The molecule has 1 aromatic carbocycles. The van der Waals surface area contributed by atoms with Gasteiger partial charge in [0.05, 0.1) is 0 Å². The van der Waals surface area contributed by atoms with Crippen molar-refractivity contribution >= 4 is 11.9 Å². The van der Waals surface area contributed by atoms with Crippen molar-refractivity contribution in [1.29, 1.82) is 0 Å². The Morgan fingerprint density at radius 2 is 1.76 bits per heavy atom. The van der Waals surface area contributed by atoms with Crippen molar-refractivity contribution in [2.45, 2.75) is 0 Å². The Bertz CT molecular complexity index is 427. The summed E-state index contributed by atoms with van der Waals surface area (Å²) in [5, 5.41) is 0. The Morgan fingerprint density at radius 3 is 2.41 bits per heavy atom. The topological polar surface area (TPSA) is 20.3 Å². The van der Waals surface area contributed by atoms with Crippen molar-refractivity contribution in [2.24, 2.45) is 0 Å². The van der Waals surface area contributed by atoms with Crippen LogP contribution in [0.5, 0.6) is 0 Å². The van der Waals surface area contributed by atoms with Gasteiger partial charge in [-0.05, 0) is 11.6 Å². The average Bonchev–Trinajstić information content (AvgIpc) is 2.33. The highest BCUT2D eigenvalue weighted by Crippen LogP contribution is 2.00. The van der Waals surface area contributed by atoms with Crippen LogP contribution < -0.4 is 0 Å². The van der Waals surface area contributed by atoms with Crippen LogP contribution in [0.25, 0.3) is 6.08 Å². The number of rotatable bonds is 5. The van der Waals surface area contributed by atoms with E-state index in [0.717, 1.165) is 5.56 Å². The van der Waals surface area contributed by atoms with Crippen LogP contribution >= 0.6 is 0 Å². The predicted molar refractivity (Wildman–Crippen MR) is 72.5 cm³/mol. The molecular weight excluding hydrogens is 210 g/mol. The second kappa shape index (κ2) is 7.23. The molecule has 0 heterocycles. The Labute approximate surface area is 103 Å². The van der Waals surface area contributed by atoms with E-state index in [1.54, 1.807) is 18.4 Å². The molecule has 1 aromatic rings. The van der Waals surface area contributed by atoms with Gasteiger partial charge in [0.1, 0.15) is 0 Å². The van der Waals surface area contributed by atoms with Gasteiger partial charge in [-0.15, -0.1) is 0 Å². The molecule has 0 N–H and O–H groups in total. The summed E-state index contributed by atoms with van der Waals surface area (Å²) in [4.78, 5) is 13.1. The molecular formula is C15H17NO. The standard InChI is InChI=1S/C15H17NO/c1-16(2)13-12-15(17)11-7-6-10-14-8-4-3-5-9-14/h3-13H,1-2H3/b10-6-,11-7-,13-12+. The minimum Gasteiger partial charge on any atom is -0.383 e. The normalized spacial score (nSPS) is 11.6. The zero-order chi connectivity index (χ0) is 12.5. The maximum absolute atomic E-state index is 11.3. The molecule has 0 aliphatic heterocycles. The lowest BCUT2D eigenvalue weighted by molar-refractivity contribution is -0.110. The summed E-state index contributed by atoms with van der Waals surface area (Å²) in [6.07, 6.45) is 10.4. The quantitative estimate of drug-likeness (QED) is 0.569. The molecule has 0 aromatic heterocycles. The minimum atomic E-state index is -0.0172. The predicted octanol–water partition coefficient (Wildman–Crippen LogP) is 2.90. The molecule has 0 unspecified atom stereocenters. The molecule has 88 valence electrons. The fourth-order valence-corrected chi connectivity index (χ4v) is 1.16. The summed E-state index contributed by atoms with van der Waals surface area (Å²) < 4.78 is 0. The SMILES string of the molecule is CN(C)/C=C/C(=O)/C=C\C=C/c1ccccc1. The third-order valence-electron chi connectivity index (χ3n) is 2.00. The third-order valence-corrected chi connectivity index (χ3v) is 2.00. The minimum absolute atomic E-state index is 0.0172.